The van der Waals surface area contributed by atoms with Crippen molar-refractivity contribution in [3.8, 4) is 28.1 Å². The Morgan fingerprint density at radius 2 is 1.87 bits per heavy atom. The molecule has 357 valence electrons. The predicted octanol–water partition coefficient (Wildman–Crippen LogP) is 5.76. The fourth-order valence-electron chi connectivity index (χ4n) is 12.2. The second kappa shape index (κ2) is 16.6. The molecule has 3 amide bonds. The van der Waals surface area contributed by atoms with E-state index in [1.165, 1.54) is 0 Å². The largest absolute Gasteiger partial charge is 0.508 e. The summed E-state index contributed by atoms with van der Waals surface area (Å²) in [4.78, 5) is 64.6. The van der Waals surface area contributed by atoms with Gasteiger partial charge in [-0.05, 0) is 135 Å². The van der Waals surface area contributed by atoms with E-state index in [-0.39, 0.29) is 63.6 Å². The maximum Gasteiger partial charge on any atom is 0.324 e. The number of ether oxygens (including phenoxy) is 3. The second-order valence-electron chi connectivity index (χ2n) is 21.5. The number of hydrogen-bond donors (Lipinski definition) is 3. The first-order valence-corrected chi connectivity index (χ1v) is 25.9. The van der Waals surface area contributed by atoms with Gasteiger partial charge in [-0.15, -0.1) is 0 Å². The Labute approximate surface area is 404 Å². The first kappa shape index (κ1) is 46.8. The van der Waals surface area contributed by atoms with E-state index >= 15 is 4.79 Å². The van der Waals surface area contributed by atoms with Crippen LogP contribution >= 0.6 is 0 Å². The zero-order chi connectivity index (χ0) is 48.3. The summed E-state index contributed by atoms with van der Waals surface area (Å²) in [6.07, 6.45) is 6.70. The van der Waals surface area contributed by atoms with Crippen LogP contribution in [0.2, 0.25) is 5.54 Å². The number of cyclic esters (lactones) is 1. The molecule has 8 bridgehead atoms. The highest BCUT2D eigenvalue weighted by Gasteiger charge is 2.93. The zero-order valence-corrected chi connectivity index (χ0v) is 42.5. The van der Waals surface area contributed by atoms with Crippen LogP contribution in [-0.2, 0) is 58.0 Å². The normalized spacial score (nSPS) is 29.6. The molecule has 5 fully saturated rings. The Morgan fingerprint density at radius 3 is 2.54 bits per heavy atom. The molecule has 68 heavy (non-hydrogen) atoms. The van der Waals surface area contributed by atoms with Crippen molar-refractivity contribution in [2.45, 2.75) is 139 Å². The number of likely N-dealkylation sites (N-methyl/N-ethyl adjacent to an activating group) is 1. The van der Waals surface area contributed by atoms with E-state index in [1.807, 2.05) is 32.9 Å². The number of amides is 3. The van der Waals surface area contributed by atoms with Crippen LogP contribution in [0.3, 0.4) is 0 Å². The first-order valence-electron chi connectivity index (χ1n) is 24.3. The lowest BCUT2D eigenvalue weighted by Gasteiger charge is -2.39. The van der Waals surface area contributed by atoms with E-state index in [2.05, 4.69) is 70.6 Å². The van der Waals surface area contributed by atoms with E-state index in [0.29, 0.717) is 45.2 Å². The van der Waals surface area contributed by atoms with Crippen LogP contribution in [0, 0.1) is 16.7 Å². The Kier molecular flexibility index (Phi) is 11.5. The van der Waals surface area contributed by atoms with E-state index < -0.39 is 44.9 Å². The summed E-state index contributed by atoms with van der Waals surface area (Å²) in [5.74, 6) is -1.24. The molecule has 5 aliphatic heterocycles. The molecular weight excluding hydrogens is 893 g/mol. The van der Waals surface area contributed by atoms with Gasteiger partial charge < -0.3 is 34.1 Å². The van der Waals surface area contributed by atoms with Gasteiger partial charge in [0.05, 0.1) is 54.5 Å². The molecule has 6 atom stereocenters. The number of nitrogens with zero attached hydrogens (tertiary/aromatic N) is 4. The summed E-state index contributed by atoms with van der Waals surface area (Å²) in [5.41, 5.74) is 7.77. The summed E-state index contributed by atoms with van der Waals surface area (Å²) >= 11 is 0. The third-order valence-electron chi connectivity index (χ3n) is 15.9. The zero-order valence-electron chi connectivity index (χ0n) is 40.5. The molecule has 16 heteroatoms. The molecule has 5 radical (unpaired) electrons. The fourth-order valence-corrected chi connectivity index (χ4v) is 14.5. The number of hydrogen-bond acceptors (Lipinski definition) is 10. The van der Waals surface area contributed by atoms with Crippen molar-refractivity contribution < 1.29 is 38.5 Å². The number of nitrogens with one attached hydrogen (secondary N) is 2. The van der Waals surface area contributed by atoms with Gasteiger partial charge >= 0.3 is 5.97 Å². The maximum absolute atomic E-state index is 15.3. The van der Waals surface area contributed by atoms with Gasteiger partial charge in [-0.3, -0.25) is 29.2 Å². The van der Waals surface area contributed by atoms with Crippen molar-refractivity contribution in [1.29, 1.82) is 0 Å². The molecule has 4 saturated heterocycles. The van der Waals surface area contributed by atoms with Crippen LogP contribution < -0.4 is 10.7 Å². The molecule has 1 saturated carbocycles. The van der Waals surface area contributed by atoms with E-state index in [1.54, 1.807) is 42.4 Å². The molecule has 3 N–H and O–H groups in total. The van der Waals surface area contributed by atoms with Gasteiger partial charge in [-0.2, -0.15) is 0 Å². The number of carbonyl (C=O) groups excluding carboxylic acids is 4. The van der Waals surface area contributed by atoms with Crippen molar-refractivity contribution in [2.75, 3.05) is 27.3 Å². The fraction of sp³-hybridized carbons (Fsp3) is 0.558. The molecule has 1 aliphatic carbocycles. The van der Waals surface area contributed by atoms with Gasteiger partial charge in [0.2, 0.25) is 11.8 Å². The molecule has 2 aromatic heterocycles. The Balaban J connectivity index is 1.06. The number of carbonyl (C=O) groups is 4. The maximum atomic E-state index is 15.3. The number of esters is 1. The number of aryl methyl sites for hydroxylation is 1. The summed E-state index contributed by atoms with van der Waals surface area (Å²) in [7, 11) is 7.49. The molecular formula is C52H63N6O8Si2. The number of phenols is 1. The van der Waals surface area contributed by atoms with Crippen molar-refractivity contribution in [2.24, 2.45) is 16.7 Å². The number of fused-ring (bicyclic) bond motifs is 11. The first-order chi connectivity index (χ1) is 32.3. The van der Waals surface area contributed by atoms with Crippen LogP contribution in [0.15, 0.2) is 54.7 Å². The Bertz CT molecular complexity index is 2730. The lowest BCUT2D eigenvalue weighted by molar-refractivity contribution is -0.157. The third-order valence-corrected chi connectivity index (χ3v) is 18.5. The average Bonchev–Trinajstić information content (AvgIpc) is 3.88. The van der Waals surface area contributed by atoms with Crippen LogP contribution in [0.4, 0.5) is 0 Å². The van der Waals surface area contributed by atoms with E-state index in [9.17, 15) is 19.5 Å². The predicted molar refractivity (Wildman–Crippen MR) is 258 cm³/mol. The summed E-state index contributed by atoms with van der Waals surface area (Å²) in [6.45, 7) is 13.3. The number of aromatic nitrogens is 2. The quantitative estimate of drug-likeness (QED) is 0.139. The van der Waals surface area contributed by atoms with Gasteiger partial charge in [0.1, 0.15) is 23.4 Å². The topological polar surface area (TPSA) is 165 Å². The third kappa shape index (κ3) is 7.46. The summed E-state index contributed by atoms with van der Waals surface area (Å²) < 4.78 is 20.7. The van der Waals surface area contributed by atoms with Crippen molar-refractivity contribution in [1.82, 2.24) is 30.2 Å². The average molecular weight is 956 g/mol. The highest BCUT2D eigenvalue weighted by molar-refractivity contribution is 6.67. The number of pyridine rings is 1. The second-order valence-corrected chi connectivity index (χ2v) is 24.1. The molecule has 6 aliphatic rings. The molecule has 10 rings (SSSR count). The number of aromatic hydroxyl groups is 1. The van der Waals surface area contributed by atoms with Gasteiger partial charge in [0, 0.05) is 60.5 Å². The van der Waals surface area contributed by atoms with Gasteiger partial charge in [-0.25, -0.2) is 5.43 Å². The molecule has 4 aromatic rings. The van der Waals surface area contributed by atoms with Gasteiger partial charge in [0.25, 0.3) is 5.91 Å². The number of benzene rings is 2. The number of phenolic OH excluding ortho intramolecular Hbond substituents is 1. The van der Waals surface area contributed by atoms with Crippen LogP contribution in [0.5, 0.6) is 5.75 Å². The Morgan fingerprint density at radius 1 is 1.10 bits per heavy atom. The minimum Gasteiger partial charge on any atom is -0.508 e. The lowest BCUT2D eigenvalue weighted by atomic mass is 9.84. The highest BCUT2D eigenvalue weighted by Crippen LogP contribution is 2.81. The number of rotatable bonds is 9. The minimum atomic E-state index is -1.06. The smallest absolute Gasteiger partial charge is 0.324 e. The molecule has 2 aromatic carbocycles. The van der Waals surface area contributed by atoms with E-state index in [4.69, 9.17) is 19.2 Å². The minimum absolute atomic E-state index is 0.0650. The SMILES string of the molecule is CCn1c(-c2cccnc2[C@@](C)([Si])OC)c2c3cc(ccc31)-c1cc(O)cc(c1)CC1(C(=O)N3CCC[C@H](N3)C(=O)OCC(C)(C)C2)[C@H]2[Si]C21NC(=O)[C@H](C(C)C)N(C)C(=O)C12CCC(CC1)O2. The summed E-state index contributed by atoms with van der Waals surface area (Å²) in [6, 6.07) is 14.4. The standard InChI is InChI=1S/C52H63N6O8Si2/c1-9-57-39-15-14-31-25-36(39)37(41(57)35-12-10-20-53-42(35)49(6,67)64-8)27-48(4,5)28-65-44(61)38-13-11-21-58(55-38)47(63)51(26-30-22-32(31)24-33(59)23-30)45-52(51,68-45)54-43(60)40(29(2)3)56(7)46(62)50-18-16-34(66-50)17-19-50/h10,12,14-15,20,22-25,29,34,38,40,45,55,59H,9,11,13,16-19,21,26-28H2,1-8H3,(H,54,60)/t34?,38-,40-,45+,49+,50?,51?,52?/m0/s1. The van der Waals surface area contributed by atoms with Crippen molar-refractivity contribution in [3.05, 3.63) is 71.5 Å². The number of methoxy groups -OCH3 is 1. The molecule has 14 nitrogen and oxygen atoms in total. The van der Waals surface area contributed by atoms with Crippen molar-refractivity contribution in [3.63, 3.8) is 0 Å². The Hall–Kier alpha value is -4.88. The van der Waals surface area contributed by atoms with Gasteiger partial charge in [0.15, 0.2) is 0 Å². The monoisotopic (exact) mass is 955 g/mol. The van der Waals surface area contributed by atoms with Crippen LogP contribution in [0.25, 0.3) is 33.3 Å². The number of hydrazine groups is 1. The summed E-state index contributed by atoms with van der Waals surface area (Å²) in [5, 5.41) is 15.7. The van der Waals surface area contributed by atoms with Gasteiger partial charge in [-0.1, -0.05) is 39.8 Å². The van der Waals surface area contributed by atoms with E-state index in [0.717, 1.165) is 62.9 Å². The van der Waals surface area contributed by atoms with Crippen LogP contribution in [-0.4, -0.2) is 124 Å². The molecule has 1 spiro atoms. The molecule has 2 unspecified atom stereocenters. The van der Waals surface area contributed by atoms with Crippen molar-refractivity contribution >= 4 is 54.4 Å². The molecule has 7 heterocycles. The van der Waals surface area contributed by atoms with Crippen LogP contribution in [0.1, 0.15) is 96.9 Å². The lowest BCUT2D eigenvalue weighted by Crippen LogP contribution is -2.62. The highest BCUT2D eigenvalue weighted by atomic mass is 28.2.